The van der Waals surface area contributed by atoms with E-state index in [4.69, 9.17) is 0 Å². The molecule has 118 valence electrons. The highest BCUT2D eigenvalue weighted by atomic mass is 32.1. The average molecular weight is 319 g/mol. The zero-order valence-corrected chi connectivity index (χ0v) is 14.0. The molecule has 3 heterocycles. The molecule has 0 saturated carbocycles. The molecule has 7 heteroatoms. The Balaban J connectivity index is 1.76. The molecule has 1 saturated heterocycles. The van der Waals surface area contributed by atoms with E-state index < -0.39 is 0 Å². The van der Waals surface area contributed by atoms with Crippen LogP contribution in [0.25, 0.3) is 0 Å². The first-order chi connectivity index (χ1) is 10.5. The molecular weight excluding hydrogens is 298 g/mol. The maximum Gasteiger partial charge on any atom is 0.244 e. The van der Waals surface area contributed by atoms with E-state index >= 15 is 0 Å². The van der Waals surface area contributed by atoms with Crippen LogP contribution in [0.5, 0.6) is 0 Å². The summed E-state index contributed by atoms with van der Waals surface area (Å²) in [5.41, 5.74) is -0.179. The van der Waals surface area contributed by atoms with Crippen LogP contribution in [0.4, 0.5) is 0 Å². The Kier molecular flexibility index (Phi) is 3.99. The van der Waals surface area contributed by atoms with Crippen LogP contribution in [-0.4, -0.2) is 37.6 Å². The quantitative estimate of drug-likeness (QED) is 0.871. The number of aromatic nitrogens is 4. The molecule has 0 radical (unpaired) electrons. The summed E-state index contributed by atoms with van der Waals surface area (Å²) in [6.45, 7) is 7.16. The van der Waals surface area contributed by atoms with E-state index in [1.807, 2.05) is 31.7 Å². The van der Waals surface area contributed by atoms with Crippen LogP contribution < -0.4 is 0 Å². The van der Waals surface area contributed by atoms with Crippen molar-refractivity contribution < 1.29 is 4.79 Å². The van der Waals surface area contributed by atoms with Gasteiger partial charge in [-0.2, -0.15) is 0 Å². The third-order valence-electron chi connectivity index (χ3n) is 3.93. The fourth-order valence-electron chi connectivity index (χ4n) is 2.91. The second-order valence-corrected chi connectivity index (χ2v) is 7.65. The molecule has 0 unspecified atom stereocenters. The number of rotatable bonds is 3. The minimum Gasteiger partial charge on any atom is -0.333 e. The van der Waals surface area contributed by atoms with Crippen LogP contribution in [0.3, 0.4) is 0 Å². The fraction of sp³-hybridized carbons (Fsp3) is 0.600. The number of carbonyl (C=O) groups excluding carboxylic acids is 1. The highest BCUT2D eigenvalue weighted by molar-refractivity contribution is 7.10. The van der Waals surface area contributed by atoms with Gasteiger partial charge in [0.1, 0.15) is 6.54 Å². The van der Waals surface area contributed by atoms with Crippen molar-refractivity contribution in [3.05, 3.63) is 28.2 Å². The van der Waals surface area contributed by atoms with Crippen molar-refractivity contribution in [2.45, 2.75) is 51.6 Å². The number of tetrazole rings is 1. The minimum absolute atomic E-state index is 0.0914. The maximum atomic E-state index is 12.7. The van der Waals surface area contributed by atoms with Gasteiger partial charge in [-0.1, -0.05) is 26.8 Å². The van der Waals surface area contributed by atoms with Crippen molar-refractivity contribution in [2.75, 3.05) is 6.54 Å². The minimum atomic E-state index is -0.179. The van der Waals surface area contributed by atoms with E-state index in [2.05, 4.69) is 27.0 Å². The highest BCUT2D eigenvalue weighted by Crippen LogP contribution is 2.34. The van der Waals surface area contributed by atoms with Gasteiger partial charge in [0.05, 0.1) is 6.04 Å². The molecule has 6 nitrogen and oxygen atoms in total. The van der Waals surface area contributed by atoms with E-state index in [0.29, 0.717) is 0 Å². The number of hydrogen-bond donors (Lipinski definition) is 0. The van der Waals surface area contributed by atoms with Gasteiger partial charge in [-0.25, -0.2) is 4.68 Å². The van der Waals surface area contributed by atoms with Gasteiger partial charge < -0.3 is 4.90 Å². The summed E-state index contributed by atoms with van der Waals surface area (Å²) in [7, 11) is 0. The van der Waals surface area contributed by atoms with Gasteiger partial charge in [0, 0.05) is 16.8 Å². The van der Waals surface area contributed by atoms with Gasteiger partial charge in [-0.3, -0.25) is 4.79 Å². The smallest absolute Gasteiger partial charge is 0.244 e. The summed E-state index contributed by atoms with van der Waals surface area (Å²) in [5, 5.41) is 13.9. The molecule has 0 aliphatic carbocycles. The van der Waals surface area contributed by atoms with Crippen molar-refractivity contribution in [1.82, 2.24) is 25.1 Å². The lowest BCUT2D eigenvalue weighted by atomic mass is 9.96. The van der Waals surface area contributed by atoms with Gasteiger partial charge in [0.2, 0.25) is 5.91 Å². The lowest BCUT2D eigenvalue weighted by Gasteiger charge is -2.24. The van der Waals surface area contributed by atoms with E-state index in [0.717, 1.165) is 25.2 Å². The average Bonchev–Trinajstić information content (AvgIpc) is 3.18. The van der Waals surface area contributed by atoms with Gasteiger partial charge in [0.15, 0.2) is 5.82 Å². The summed E-state index contributed by atoms with van der Waals surface area (Å²) < 4.78 is 1.63. The molecule has 1 amide bonds. The Morgan fingerprint density at radius 2 is 2.27 bits per heavy atom. The summed E-state index contributed by atoms with van der Waals surface area (Å²) >= 11 is 1.72. The van der Waals surface area contributed by atoms with Crippen LogP contribution in [0.15, 0.2) is 17.5 Å². The van der Waals surface area contributed by atoms with Gasteiger partial charge >= 0.3 is 0 Å². The van der Waals surface area contributed by atoms with Gasteiger partial charge in [0.25, 0.3) is 0 Å². The Hall–Kier alpha value is -1.76. The van der Waals surface area contributed by atoms with E-state index in [1.54, 1.807) is 16.0 Å². The van der Waals surface area contributed by atoms with Gasteiger partial charge in [-0.15, -0.1) is 16.4 Å². The molecule has 1 aliphatic rings. The Labute approximate surface area is 134 Å². The van der Waals surface area contributed by atoms with E-state index in [9.17, 15) is 4.79 Å². The number of hydrogen-bond acceptors (Lipinski definition) is 5. The number of thiophene rings is 1. The van der Waals surface area contributed by atoms with Gasteiger partial charge in [-0.05, 0) is 34.7 Å². The fourth-order valence-corrected chi connectivity index (χ4v) is 3.78. The van der Waals surface area contributed by atoms with Crippen molar-refractivity contribution in [2.24, 2.45) is 0 Å². The molecule has 0 N–H and O–H groups in total. The summed E-state index contributed by atoms with van der Waals surface area (Å²) in [6.07, 6.45) is 2.09. The first kappa shape index (κ1) is 15.1. The zero-order chi connectivity index (χ0) is 15.7. The molecule has 2 aromatic rings. The molecule has 0 aromatic carbocycles. The molecule has 0 spiro atoms. The second-order valence-electron chi connectivity index (χ2n) is 6.67. The normalized spacial score (nSPS) is 18.9. The Bertz CT molecular complexity index is 643. The summed E-state index contributed by atoms with van der Waals surface area (Å²) in [6, 6.07) is 4.36. The lowest BCUT2D eigenvalue weighted by molar-refractivity contribution is -0.133. The number of likely N-dealkylation sites (tertiary alicyclic amines) is 1. The van der Waals surface area contributed by atoms with Crippen LogP contribution >= 0.6 is 11.3 Å². The van der Waals surface area contributed by atoms with Crippen molar-refractivity contribution in [3.63, 3.8) is 0 Å². The third kappa shape index (κ3) is 2.90. The first-order valence-electron chi connectivity index (χ1n) is 7.56. The largest absolute Gasteiger partial charge is 0.333 e. The standard InChI is InChI=1S/C15H21N5OS/c1-15(2,3)14-16-17-18-20(14)10-13(21)19-8-4-6-11(19)12-7-5-9-22-12/h5,7,9,11H,4,6,8,10H2,1-3H3/t11-/m0/s1. The van der Waals surface area contributed by atoms with Crippen molar-refractivity contribution >= 4 is 17.2 Å². The van der Waals surface area contributed by atoms with Crippen LogP contribution in [0.1, 0.15) is 50.4 Å². The number of carbonyl (C=O) groups is 1. The van der Waals surface area contributed by atoms with Crippen molar-refractivity contribution in [1.29, 1.82) is 0 Å². The monoisotopic (exact) mass is 319 g/mol. The van der Waals surface area contributed by atoms with E-state index in [1.165, 1.54) is 4.88 Å². The molecule has 0 bridgehead atoms. The zero-order valence-electron chi connectivity index (χ0n) is 13.2. The predicted molar refractivity (Wildman–Crippen MR) is 84.5 cm³/mol. The molecule has 3 rings (SSSR count). The SMILES string of the molecule is CC(C)(C)c1nnnn1CC(=O)N1CCC[C@H]1c1cccs1. The van der Waals surface area contributed by atoms with Crippen LogP contribution in [0.2, 0.25) is 0 Å². The highest BCUT2D eigenvalue weighted by Gasteiger charge is 2.32. The molecular formula is C15H21N5OS. The molecule has 1 atom stereocenters. The first-order valence-corrected chi connectivity index (χ1v) is 8.44. The second kappa shape index (κ2) is 5.79. The Morgan fingerprint density at radius 1 is 1.45 bits per heavy atom. The van der Waals surface area contributed by atoms with E-state index in [-0.39, 0.29) is 23.9 Å². The number of nitrogens with zero attached hydrogens (tertiary/aromatic N) is 5. The molecule has 1 aliphatic heterocycles. The molecule has 22 heavy (non-hydrogen) atoms. The van der Waals surface area contributed by atoms with Crippen molar-refractivity contribution in [3.8, 4) is 0 Å². The topological polar surface area (TPSA) is 63.9 Å². The maximum absolute atomic E-state index is 12.7. The lowest BCUT2D eigenvalue weighted by Crippen LogP contribution is -2.34. The summed E-state index contributed by atoms with van der Waals surface area (Å²) in [4.78, 5) is 15.9. The Morgan fingerprint density at radius 3 is 2.95 bits per heavy atom. The van der Waals surface area contributed by atoms with Crippen LogP contribution in [-0.2, 0) is 16.8 Å². The molecule has 2 aromatic heterocycles. The third-order valence-corrected chi connectivity index (χ3v) is 4.91. The summed E-state index contributed by atoms with van der Waals surface area (Å²) in [5.74, 6) is 0.835. The number of amides is 1. The predicted octanol–water partition coefficient (Wildman–Crippen LogP) is 2.40. The molecule has 1 fully saturated rings. The van der Waals surface area contributed by atoms with Crippen LogP contribution in [0, 0.1) is 0 Å².